The van der Waals surface area contributed by atoms with E-state index < -0.39 is 0 Å². The summed E-state index contributed by atoms with van der Waals surface area (Å²) in [5, 5.41) is 11.1. The number of hydrogen-bond donors (Lipinski definition) is 1. The summed E-state index contributed by atoms with van der Waals surface area (Å²) in [5.41, 5.74) is 1.57. The van der Waals surface area contributed by atoms with Gasteiger partial charge in [0.25, 0.3) is 0 Å². The number of alkyl halides is 1. The predicted octanol–water partition coefficient (Wildman–Crippen LogP) is 1.26. The third kappa shape index (κ3) is 2.94. The maximum Gasteiger partial charge on any atom is 0.227 e. The second-order valence-electron chi connectivity index (χ2n) is 1.73. The molecule has 6 heteroatoms. The molecule has 1 rings (SSSR count). The molecule has 1 aromatic rings. The molecule has 1 heterocycles. The lowest BCUT2D eigenvalue weighted by Crippen LogP contribution is -2.11. The van der Waals surface area contributed by atoms with E-state index in [9.17, 15) is 4.79 Å². The van der Waals surface area contributed by atoms with Crippen molar-refractivity contribution in [3.05, 3.63) is 5.51 Å². The number of carbonyl (C=O) groups excluding carboxylic acids is 1. The number of anilines is 1. The number of nitrogens with one attached hydrogen (secondary N) is 1. The zero-order chi connectivity index (χ0) is 8.10. The molecular formula is C5H6BrN3OS. The summed E-state index contributed by atoms with van der Waals surface area (Å²) in [6.07, 6.45) is 0.458. The first-order valence-electron chi connectivity index (χ1n) is 2.95. The van der Waals surface area contributed by atoms with Gasteiger partial charge in [-0.25, -0.2) is 0 Å². The van der Waals surface area contributed by atoms with Crippen molar-refractivity contribution < 1.29 is 4.79 Å². The molecule has 0 unspecified atom stereocenters. The Hall–Kier alpha value is -0.490. The van der Waals surface area contributed by atoms with Gasteiger partial charge in [-0.1, -0.05) is 27.3 Å². The van der Waals surface area contributed by atoms with Crippen molar-refractivity contribution in [2.45, 2.75) is 6.42 Å². The first-order chi connectivity index (χ1) is 5.33. The highest BCUT2D eigenvalue weighted by molar-refractivity contribution is 9.09. The molecule has 0 aromatic carbocycles. The summed E-state index contributed by atoms with van der Waals surface area (Å²) >= 11 is 4.47. The number of hydrogen-bond acceptors (Lipinski definition) is 4. The van der Waals surface area contributed by atoms with E-state index in [0.29, 0.717) is 16.9 Å². The van der Waals surface area contributed by atoms with Crippen LogP contribution in [0.25, 0.3) is 0 Å². The van der Waals surface area contributed by atoms with Crippen molar-refractivity contribution in [2.24, 2.45) is 0 Å². The molecule has 0 saturated heterocycles. The Kier molecular flexibility index (Phi) is 3.44. The fraction of sp³-hybridized carbons (Fsp3) is 0.400. The number of aromatic nitrogens is 2. The summed E-state index contributed by atoms with van der Waals surface area (Å²) in [5.74, 6) is -0.0429. The van der Waals surface area contributed by atoms with Crippen molar-refractivity contribution in [3.63, 3.8) is 0 Å². The van der Waals surface area contributed by atoms with Gasteiger partial charge in [-0.3, -0.25) is 4.79 Å². The van der Waals surface area contributed by atoms with Crippen LogP contribution in [0.5, 0.6) is 0 Å². The third-order valence-electron chi connectivity index (χ3n) is 0.928. The Balaban J connectivity index is 2.37. The molecule has 1 amide bonds. The van der Waals surface area contributed by atoms with Gasteiger partial charge < -0.3 is 5.32 Å². The number of amides is 1. The van der Waals surface area contributed by atoms with E-state index >= 15 is 0 Å². The number of nitrogens with zero attached hydrogens (tertiary/aromatic N) is 2. The SMILES string of the molecule is O=C(CCBr)Nc1nncs1. The molecule has 0 aliphatic heterocycles. The van der Waals surface area contributed by atoms with Gasteiger partial charge in [0.15, 0.2) is 0 Å². The lowest BCUT2D eigenvalue weighted by atomic mass is 10.5. The van der Waals surface area contributed by atoms with Gasteiger partial charge in [0.2, 0.25) is 11.0 Å². The van der Waals surface area contributed by atoms with E-state index in [1.165, 1.54) is 11.3 Å². The van der Waals surface area contributed by atoms with E-state index in [4.69, 9.17) is 0 Å². The molecular weight excluding hydrogens is 230 g/mol. The molecule has 4 nitrogen and oxygen atoms in total. The highest BCUT2D eigenvalue weighted by atomic mass is 79.9. The minimum Gasteiger partial charge on any atom is -0.301 e. The molecule has 1 N–H and O–H groups in total. The fourth-order valence-corrected chi connectivity index (χ4v) is 1.32. The Morgan fingerprint density at radius 3 is 3.18 bits per heavy atom. The second-order valence-corrected chi connectivity index (χ2v) is 3.36. The van der Waals surface area contributed by atoms with Gasteiger partial charge in [-0.15, -0.1) is 10.2 Å². The molecule has 0 bridgehead atoms. The maximum absolute atomic E-state index is 10.9. The smallest absolute Gasteiger partial charge is 0.227 e. The van der Waals surface area contributed by atoms with E-state index in [2.05, 4.69) is 31.4 Å². The monoisotopic (exact) mass is 235 g/mol. The van der Waals surface area contributed by atoms with Gasteiger partial charge in [0.1, 0.15) is 5.51 Å². The van der Waals surface area contributed by atoms with Crippen molar-refractivity contribution in [2.75, 3.05) is 10.6 Å². The Morgan fingerprint density at radius 1 is 1.82 bits per heavy atom. The summed E-state index contributed by atoms with van der Waals surface area (Å²) in [6.45, 7) is 0. The molecule has 0 fully saturated rings. The molecule has 1 aromatic heterocycles. The molecule has 0 spiro atoms. The van der Waals surface area contributed by atoms with Crippen LogP contribution in [0.1, 0.15) is 6.42 Å². The van der Waals surface area contributed by atoms with Crippen LogP contribution < -0.4 is 5.32 Å². The molecule has 0 radical (unpaired) electrons. The first-order valence-corrected chi connectivity index (χ1v) is 4.95. The maximum atomic E-state index is 10.9. The van der Waals surface area contributed by atoms with Crippen molar-refractivity contribution >= 4 is 38.3 Å². The minimum absolute atomic E-state index is 0.0429. The highest BCUT2D eigenvalue weighted by Crippen LogP contribution is 2.07. The summed E-state index contributed by atoms with van der Waals surface area (Å²) in [4.78, 5) is 10.9. The van der Waals surface area contributed by atoms with Crippen LogP contribution in [0.4, 0.5) is 5.13 Å². The third-order valence-corrected chi connectivity index (χ3v) is 1.93. The minimum atomic E-state index is -0.0429. The van der Waals surface area contributed by atoms with Gasteiger partial charge in [-0.05, 0) is 0 Å². The quantitative estimate of drug-likeness (QED) is 0.804. The fourth-order valence-electron chi connectivity index (χ4n) is 0.495. The Morgan fingerprint density at radius 2 is 2.64 bits per heavy atom. The summed E-state index contributed by atoms with van der Waals surface area (Å²) in [7, 11) is 0. The average molecular weight is 236 g/mol. The second kappa shape index (κ2) is 4.40. The van der Waals surface area contributed by atoms with Gasteiger partial charge in [-0.2, -0.15) is 0 Å². The van der Waals surface area contributed by atoms with E-state index in [-0.39, 0.29) is 5.91 Å². The van der Waals surface area contributed by atoms with Crippen LogP contribution >= 0.6 is 27.3 Å². The summed E-state index contributed by atoms with van der Waals surface area (Å²) < 4.78 is 0. The Bertz CT molecular complexity index is 226. The zero-order valence-corrected chi connectivity index (χ0v) is 7.98. The van der Waals surface area contributed by atoms with Crippen molar-refractivity contribution in [3.8, 4) is 0 Å². The lowest BCUT2D eigenvalue weighted by Gasteiger charge is -1.95. The van der Waals surface area contributed by atoms with Crippen molar-refractivity contribution in [1.29, 1.82) is 0 Å². The molecule has 60 valence electrons. The highest BCUT2D eigenvalue weighted by Gasteiger charge is 2.01. The molecule has 11 heavy (non-hydrogen) atoms. The zero-order valence-electron chi connectivity index (χ0n) is 5.58. The van der Waals surface area contributed by atoms with Gasteiger partial charge >= 0.3 is 0 Å². The molecule has 0 aliphatic carbocycles. The Labute approximate surface area is 76.2 Å². The van der Waals surface area contributed by atoms with Crippen molar-refractivity contribution in [1.82, 2.24) is 10.2 Å². The van der Waals surface area contributed by atoms with Crippen LogP contribution in [0.3, 0.4) is 0 Å². The van der Waals surface area contributed by atoms with Crippen LogP contribution in [0.15, 0.2) is 5.51 Å². The molecule has 0 aliphatic rings. The predicted molar refractivity (Wildman–Crippen MR) is 46.9 cm³/mol. The summed E-state index contributed by atoms with van der Waals surface area (Å²) in [6, 6.07) is 0. The van der Waals surface area contributed by atoms with Gasteiger partial charge in [0, 0.05) is 11.8 Å². The van der Waals surface area contributed by atoms with Crippen LogP contribution in [-0.2, 0) is 4.79 Å². The topological polar surface area (TPSA) is 54.9 Å². The van der Waals surface area contributed by atoms with Gasteiger partial charge in [0.05, 0.1) is 0 Å². The standard InChI is InChI=1S/C5H6BrN3OS/c6-2-1-4(10)8-5-9-7-3-11-5/h3H,1-2H2,(H,8,9,10). The number of halogens is 1. The first kappa shape index (κ1) is 8.61. The van der Waals surface area contributed by atoms with E-state index in [1.807, 2.05) is 0 Å². The largest absolute Gasteiger partial charge is 0.301 e. The van der Waals surface area contributed by atoms with E-state index in [1.54, 1.807) is 5.51 Å². The van der Waals surface area contributed by atoms with E-state index in [0.717, 1.165) is 0 Å². The number of rotatable bonds is 3. The number of carbonyl (C=O) groups is 1. The molecule has 0 saturated carbocycles. The lowest BCUT2D eigenvalue weighted by molar-refractivity contribution is -0.115. The van der Waals surface area contributed by atoms with Crippen LogP contribution in [0, 0.1) is 0 Å². The average Bonchev–Trinajstić information content (AvgIpc) is 2.40. The molecule has 0 atom stereocenters. The normalized spacial score (nSPS) is 9.55. The van der Waals surface area contributed by atoms with Crippen LogP contribution in [0.2, 0.25) is 0 Å². The van der Waals surface area contributed by atoms with Crippen LogP contribution in [-0.4, -0.2) is 21.4 Å².